The Morgan fingerprint density at radius 2 is 1.44 bits per heavy atom. The van der Waals surface area contributed by atoms with Crippen LogP contribution in [0.1, 0.15) is 16.7 Å². The van der Waals surface area contributed by atoms with Crippen LogP contribution in [0.2, 0.25) is 0 Å². The molecule has 0 spiro atoms. The highest BCUT2D eigenvalue weighted by Gasteiger charge is 2.29. The fourth-order valence-electron chi connectivity index (χ4n) is 4.21. The van der Waals surface area contributed by atoms with Crippen LogP contribution in [0, 0.1) is 13.8 Å². The summed E-state index contributed by atoms with van der Waals surface area (Å²) in [5.74, 6) is 0.796. The number of rotatable bonds is 6. The van der Waals surface area contributed by atoms with E-state index in [1.807, 2.05) is 25.1 Å². The maximum atomic E-state index is 12.7. The van der Waals surface area contributed by atoms with Gasteiger partial charge in [0, 0.05) is 12.0 Å². The summed E-state index contributed by atoms with van der Waals surface area (Å²) in [6, 6.07) is 29.5. The second-order valence-corrected chi connectivity index (χ2v) is 10.4. The average molecular weight is 471 g/mol. The molecule has 0 bridgehead atoms. The molecule has 1 aliphatic heterocycles. The Kier molecular flexibility index (Phi) is 5.98. The van der Waals surface area contributed by atoms with Crippen molar-refractivity contribution in [3.05, 3.63) is 108 Å². The average Bonchev–Trinajstić information content (AvgIpc) is 3.27. The summed E-state index contributed by atoms with van der Waals surface area (Å²) in [4.78, 5) is 0.153. The van der Waals surface area contributed by atoms with Crippen molar-refractivity contribution in [1.82, 2.24) is 0 Å². The Balaban J connectivity index is 1.44. The molecule has 1 heterocycles. The molecule has 0 aromatic heterocycles. The lowest BCUT2D eigenvalue weighted by Gasteiger charge is -2.14. The second-order valence-electron chi connectivity index (χ2n) is 8.74. The number of benzene rings is 4. The van der Waals surface area contributed by atoms with Crippen LogP contribution in [-0.2, 0) is 20.7 Å². The predicted molar refractivity (Wildman–Crippen MR) is 134 cm³/mol. The van der Waals surface area contributed by atoms with Crippen LogP contribution in [0.3, 0.4) is 0 Å². The number of hydrogen-bond donors (Lipinski definition) is 0. The molecule has 34 heavy (non-hydrogen) atoms. The van der Waals surface area contributed by atoms with E-state index in [0.29, 0.717) is 6.42 Å². The van der Waals surface area contributed by atoms with Crippen LogP contribution in [0.15, 0.2) is 95.9 Å². The number of aryl methyl sites for hydroxylation is 2. The normalized spacial score (nSPS) is 15.1. The van der Waals surface area contributed by atoms with E-state index in [1.165, 1.54) is 5.56 Å². The lowest BCUT2D eigenvalue weighted by Crippen LogP contribution is -2.23. The molecular weight excluding hydrogens is 444 g/mol. The molecule has 1 atom stereocenters. The van der Waals surface area contributed by atoms with Gasteiger partial charge in [0.25, 0.3) is 10.1 Å². The predicted octanol–water partition coefficient (Wildman–Crippen LogP) is 6.35. The molecule has 5 heteroatoms. The van der Waals surface area contributed by atoms with Gasteiger partial charge in [-0.15, -0.1) is 0 Å². The molecule has 0 saturated carbocycles. The lowest BCUT2D eigenvalue weighted by molar-refractivity contribution is 0.152. The number of fused-ring (bicyclic) bond motifs is 1. The van der Waals surface area contributed by atoms with E-state index in [-0.39, 0.29) is 17.6 Å². The molecule has 172 valence electrons. The largest absolute Gasteiger partial charge is 0.487 e. The summed E-state index contributed by atoms with van der Waals surface area (Å²) in [7, 11) is -3.85. The fraction of sp³-hybridized carbons (Fsp3) is 0.172. The third-order valence-electron chi connectivity index (χ3n) is 6.09. The monoisotopic (exact) mass is 470 g/mol. The van der Waals surface area contributed by atoms with Gasteiger partial charge in [0.2, 0.25) is 0 Å². The molecule has 0 aliphatic carbocycles. The van der Waals surface area contributed by atoms with E-state index in [1.54, 1.807) is 24.3 Å². The summed E-state index contributed by atoms with van der Waals surface area (Å²) in [5.41, 5.74) is 7.53. The zero-order valence-electron chi connectivity index (χ0n) is 19.2. The molecule has 4 nitrogen and oxygen atoms in total. The summed E-state index contributed by atoms with van der Waals surface area (Å²) >= 11 is 0. The second kappa shape index (κ2) is 9.09. The van der Waals surface area contributed by atoms with Gasteiger partial charge < -0.3 is 4.74 Å². The van der Waals surface area contributed by atoms with Gasteiger partial charge in [-0.2, -0.15) is 8.42 Å². The minimum Gasteiger partial charge on any atom is -0.487 e. The molecule has 5 rings (SSSR count). The third-order valence-corrected chi connectivity index (χ3v) is 7.38. The van der Waals surface area contributed by atoms with E-state index in [0.717, 1.165) is 39.1 Å². The van der Waals surface area contributed by atoms with E-state index < -0.39 is 10.1 Å². The summed E-state index contributed by atoms with van der Waals surface area (Å²) < 4.78 is 37.0. The first-order chi connectivity index (χ1) is 16.4. The maximum Gasteiger partial charge on any atom is 0.297 e. The van der Waals surface area contributed by atoms with Gasteiger partial charge in [-0.05, 0) is 60.4 Å². The molecule has 4 aromatic rings. The maximum absolute atomic E-state index is 12.7. The highest BCUT2D eigenvalue weighted by molar-refractivity contribution is 7.86. The van der Waals surface area contributed by atoms with Crippen molar-refractivity contribution in [3.63, 3.8) is 0 Å². The summed E-state index contributed by atoms with van der Waals surface area (Å²) in [5, 5.41) is 0. The SMILES string of the molecule is Cc1ccc(-c2cc(-c3ccccc3)cc3c2OC(COS(=O)(=O)c2ccc(C)cc2)C3)cc1. The highest BCUT2D eigenvalue weighted by atomic mass is 32.2. The molecule has 1 unspecified atom stereocenters. The fourth-order valence-corrected chi connectivity index (χ4v) is 5.15. The van der Waals surface area contributed by atoms with Gasteiger partial charge >= 0.3 is 0 Å². The molecule has 0 saturated heterocycles. The highest BCUT2D eigenvalue weighted by Crippen LogP contribution is 2.42. The van der Waals surface area contributed by atoms with Crippen molar-refractivity contribution in [1.29, 1.82) is 0 Å². The first kappa shape index (κ1) is 22.4. The van der Waals surface area contributed by atoms with Crippen molar-refractivity contribution in [3.8, 4) is 28.0 Å². The summed E-state index contributed by atoms with van der Waals surface area (Å²) in [6.07, 6.45) is 0.198. The van der Waals surface area contributed by atoms with Crippen molar-refractivity contribution in [2.75, 3.05) is 6.61 Å². The van der Waals surface area contributed by atoms with Crippen molar-refractivity contribution in [2.24, 2.45) is 0 Å². The Morgan fingerprint density at radius 1 is 0.794 bits per heavy atom. The molecule has 0 radical (unpaired) electrons. The van der Waals surface area contributed by atoms with Crippen LogP contribution in [0.4, 0.5) is 0 Å². The van der Waals surface area contributed by atoms with Gasteiger partial charge in [-0.3, -0.25) is 4.18 Å². The first-order valence-electron chi connectivity index (χ1n) is 11.3. The van der Waals surface area contributed by atoms with Crippen molar-refractivity contribution in [2.45, 2.75) is 31.3 Å². The zero-order valence-corrected chi connectivity index (χ0v) is 20.0. The van der Waals surface area contributed by atoms with Crippen LogP contribution < -0.4 is 4.74 Å². The van der Waals surface area contributed by atoms with Crippen molar-refractivity contribution < 1.29 is 17.3 Å². The Morgan fingerprint density at radius 3 is 2.12 bits per heavy atom. The Labute approximate surface area is 200 Å². The zero-order chi connectivity index (χ0) is 23.7. The Bertz CT molecular complexity index is 1410. The topological polar surface area (TPSA) is 52.6 Å². The molecule has 0 N–H and O–H groups in total. The van der Waals surface area contributed by atoms with Crippen LogP contribution in [0.25, 0.3) is 22.3 Å². The van der Waals surface area contributed by atoms with E-state index in [2.05, 4.69) is 55.5 Å². The quantitative estimate of drug-likeness (QED) is 0.308. The van der Waals surface area contributed by atoms with E-state index >= 15 is 0 Å². The number of hydrogen-bond acceptors (Lipinski definition) is 4. The standard InChI is InChI=1S/C29H26O4S/c1-20-8-12-23(13-9-20)28-18-24(22-6-4-3-5-7-22)16-25-17-26(33-29(25)28)19-32-34(30,31)27-14-10-21(2)11-15-27/h3-16,18,26H,17,19H2,1-2H3. The van der Waals surface area contributed by atoms with Gasteiger partial charge in [0.05, 0.1) is 4.90 Å². The van der Waals surface area contributed by atoms with Crippen molar-refractivity contribution >= 4 is 10.1 Å². The third kappa shape index (κ3) is 4.63. The Hall–Kier alpha value is -3.41. The minimum absolute atomic E-state index is 0.0428. The van der Waals surface area contributed by atoms with Gasteiger partial charge in [0.1, 0.15) is 18.5 Å². The molecule has 1 aliphatic rings. The van der Waals surface area contributed by atoms with E-state index in [9.17, 15) is 8.42 Å². The first-order valence-corrected chi connectivity index (χ1v) is 12.7. The van der Waals surface area contributed by atoms with Crippen LogP contribution in [0.5, 0.6) is 5.75 Å². The van der Waals surface area contributed by atoms with Crippen LogP contribution in [-0.4, -0.2) is 21.1 Å². The minimum atomic E-state index is -3.85. The molecule has 4 aromatic carbocycles. The van der Waals surface area contributed by atoms with Gasteiger partial charge in [-0.1, -0.05) is 77.9 Å². The van der Waals surface area contributed by atoms with Crippen LogP contribution >= 0.6 is 0 Å². The molecule has 0 fully saturated rings. The van der Waals surface area contributed by atoms with E-state index in [4.69, 9.17) is 8.92 Å². The van der Waals surface area contributed by atoms with Gasteiger partial charge in [0.15, 0.2) is 0 Å². The summed E-state index contributed by atoms with van der Waals surface area (Å²) in [6.45, 7) is 3.93. The van der Waals surface area contributed by atoms with Gasteiger partial charge in [-0.25, -0.2) is 0 Å². The lowest BCUT2D eigenvalue weighted by atomic mass is 9.94. The molecular formula is C29H26O4S. The molecule has 0 amide bonds. The smallest absolute Gasteiger partial charge is 0.297 e. The number of ether oxygens (including phenoxy) is 1.